The molecule has 0 atom stereocenters. The fourth-order valence-corrected chi connectivity index (χ4v) is 4.24. The molecule has 0 N–H and O–H groups in total. The predicted octanol–water partition coefficient (Wildman–Crippen LogP) is 5.52. The lowest BCUT2D eigenvalue weighted by molar-refractivity contribution is 1.00. The maximum absolute atomic E-state index is 9.69. The SMILES string of the molecule is CCc1cc(SCc2ccc(C)cc2)n2c(nc3ccccc32)c1C#N. The first kappa shape index (κ1) is 16.7. The van der Waals surface area contributed by atoms with Gasteiger partial charge in [-0.05, 0) is 42.7 Å². The summed E-state index contributed by atoms with van der Waals surface area (Å²) in [5.74, 6) is 0.886. The van der Waals surface area contributed by atoms with Crippen LogP contribution in [-0.2, 0) is 12.2 Å². The van der Waals surface area contributed by atoms with Gasteiger partial charge in [0.15, 0.2) is 5.65 Å². The van der Waals surface area contributed by atoms with Crippen LogP contribution in [0.1, 0.15) is 29.2 Å². The first-order valence-corrected chi connectivity index (χ1v) is 9.71. The number of benzene rings is 2. The molecule has 0 radical (unpaired) electrons. The molecule has 128 valence electrons. The molecule has 0 aliphatic carbocycles. The molecule has 0 spiro atoms. The Hall–Kier alpha value is -2.77. The number of rotatable bonds is 4. The minimum atomic E-state index is 0.684. The number of fused-ring (bicyclic) bond motifs is 3. The van der Waals surface area contributed by atoms with Crippen molar-refractivity contribution in [1.82, 2.24) is 9.38 Å². The highest BCUT2D eigenvalue weighted by molar-refractivity contribution is 7.98. The maximum atomic E-state index is 9.69. The second-order valence-electron chi connectivity index (χ2n) is 6.38. The van der Waals surface area contributed by atoms with E-state index in [9.17, 15) is 5.26 Å². The molecular formula is C22H19N3S. The van der Waals surface area contributed by atoms with E-state index in [1.54, 1.807) is 11.8 Å². The van der Waals surface area contributed by atoms with Crippen LogP contribution < -0.4 is 0 Å². The molecule has 0 bridgehead atoms. The Morgan fingerprint density at radius 1 is 1.12 bits per heavy atom. The van der Waals surface area contributed by atoms with Crippen molar-refractivity contribution < 1.29 is 0 Å². The Morgan fingerprint density at radius 2 is 1.88 bits per heavy atom. The molecule has 0 amide bonds. The number of aryl methyl sites for hydroxylation is 2. The molecule has 2 aromatic carbocycles. The summed E-state index contributed by atoms with van der Waals surface area (Å²) in [6.07, 6.45) is 0.820. The van der Waals surface area contributed by atoms with E-state index < -0.39 is 0 Å². The number of nitriles is 1. The zero-order valence-corrected chi connectivity index (χ0v) is 15.7. The summed E-state index contributed by atoms with van der Waals surface area (Å²) >= 11 is 1.79. The molecule has 0 fully saturated rings. The smallest absolute Gasteiger partial charge is 0.157 e. The summed E-state index contributed by atoms with van der Waals surface area (Å²) in [7, 11) is 0. The number of imidazole rings is 1. The molecule has 26 heavy (non-hydrogen) atoms. The van der Waals surface area contributed by atoms with E-state index in [1.165, 1.54) is 11.1 Å². The molecule has 0 unspecified atom stereocenters. The van der Waals surface area contributed by atoms with Gasteiger partial charge in [-0.1, -0.05) is 48.9 Å². The van der Waals surface area contributed by atoms with Gasteiger partial charge in [0.25, 0.3) is 0 Å². The van der Waals surface area contributed by atoms with Crippen LogP contribution in [-0.4, -0.2) is 9.38 Å². The van der Waals surface area contributed by atoms with Crippen molar-refractivity contribution in [1.29, 1.82) is 5.26 Å². The first-order chi connectivity index (χ1) is 12.7. The molecule has 2 heterocycles. The summed E-state index contributed by atoms with van der Waals surface area (Å²) < 4.78 is 2.13. The van der Waals surface area contributed by atoms with Crippen molar-refractivity contribution in [3.63, 3.8) is 0 Å². The van der Waals surface area contributed by atoms with Crippen LogP contribution in [0.4, 0.5) is 0 Å². The van der Waals surface area contributed by atoms with E-state index in [-0.39, 0.29) is 0 Å². The van der Waals surface area contributed by atoms with Gasteiger partial charge >= 0.3 is 0 Å². The van der Waals surface area contributed by atoms with Crippen molar-refractivity contribution in [3.05, 3.63) is 76.9 Å². The van der Waals surface area contributed by atoms with E-state index in [2.05, 4.69) is 60.7 Å². The Kier molecular flexibility index (Phi) is 4.40. The first-order valence-electron chi connectivity index (χ1n) is 8.72. The van der Waals surface area contributed by atoms with Crippen molar-refractivity contribution in [2.24, 2.45) is 0 Å². The molecule has 4 aromatic rings. The second kappa shape index (κ2) is 6.86. The van der Waals surface area contributed by atoms with E-state index in [0.29, 0.717) is 5.56 Å². The summed E-state index contributed by atoms with van der Waals surface area (Å²) in [4.78, 5) is 4.75. The Balaban J connectivity index is 1.87. The van der Waals surface area contributed by atoms with Crippen molar-refractivity contribution in [3.8, 4) is 6.07 Å². The Morgan fingerprint density at radius 3 is 2.62 bits per heavy atom. The van der Waals surface area contributed by atoms with E-state index in [1.807, 2.05) is 18.2 Å². The molecule has 0 saturated heterocycles. The third-order valence-corrected chi connectivity index (χ3v) is 5.70. The molecule has 0 saturated carbocycles. The standard InChI is InChI=1S/C22H19N3S/c1-3-17-12-21(26-14-16-10-8-15(2)9-11-16)25-20-7-5-4-6-19(20)24-22(25)18(17)13-23/h4-12H,3,14H2,1-2H3. The van der Waals surface area contributed by atoms with Crippen LogP contribution in [0.3, 0.4) is 0 Å². The Bertz CT molecular complexity index is 1130. The zero-order valence-electron chi connectivity index (χ0n) is 14.9. The lowest BCUT2D eigenvalue weighted by Crippen LogP contribution is -1.99. The Labute approximate surface area is 157 Å². The van der Waals surface area contributed by atoms with Gasteiger partial charge in [0.05, 0.1) is 21.6 Å². The molecule has 0 aliphatic rings. The summed E-state index contributed by atoms with van der Waals surface area (Å²) in [6.45, 7) is 4.19. The minimum Gasteiger partial charge on any atom is -0.286 e. The highest BCUT2D eigenvalue weighted by Gasteiger charge is 2.16. The van der Waals surface area contributed by atoms with Gasteiger partial charge in [-0.2, -0.15) is 5.26 Å². The fourth-order valence-electron chi connectivity index (χ4n) is 3.19. The van der Waals surface area contributed by atoms with Crippen LogP contribution in [0.25, 0.3) is 16.7 Å². The van der Waals surface area contributed by atoms with Gasteiger partial charge in [-0.15, -0.1) is 11.8 Å². The molecule has 2 aromatic heterocycles. The van der Waals surface area contributed by atoms with Gasteiger partial charge in [-0.3, -0.25) is 4.40 Å². The fraction of sp³-hybridized carbons (Fsp3) is 0.182. The van der Waals surface area contributed by atoms with E-state index >= 15 is 0 Å². The van der Waals surface area contributed by atoms with Crippen LogP contribution in [0.15, 0.2) is 59.6 Å². The summed E-state index contributed by atoms with van der Waals surface area (Å²) in [6, 6.07) is 21.2. The number of hydrogen-bond donors (Lipinski definition) is 0. The average molecular weight is 357 g/mol. The third kappa shape index (κ3) is 2.85. The number of hydrogen-bond acceptors (Lipinski definition) is 3. The number of pyridine rings is 1. The molecular weight excluding hydrogens is 338 g/mol. The monoisotopic (exact) mass is 357 g/mol. The minimum absolute atomic E-state index is 0.684. The van der Waals surface area contributed by atoms with Crippen LogP contribution in [0.2, 0.25) is 0 Å². The van der Waals surface area contributed by atoms with Crippen LogP contribution in [0.5, 0.6) is 0 Å². The van der Waals surface area contributed by atoms with Crippen LogP contribution in [0, 0.1) is 18.3 Å². The van der Waals surface area contributed by atoms with Gasteiger partial charge in [0.1, 0.15) is 6.07 Å². The summed E-state index contributed by atoms with van der Waals surface area (Å²) in [5.41, 5.74) is 7.04. The quantitative estimate of drug-likeness (QED) is 0.451. The van der Waals surface area contributed by atoms with E-state index in [4.69, 9.17) is 4.98 Å². The van der Waals surface area contributed by atoms with Crippen LogP contribution >= 0.6 is 11.8 Å². The zero-order chi connectivity index (χ0) is 18.1. The topological polar surface area (TPSA) is 41.1 Å². The molecule has 4 heteroatoms. The van der Waals surface area contributed by atoms with Crippen molar-refractivity contribution >= 4 is 28.4 Å². The molecule has 0 aliphatic heterocycles. The lowest BCUT2D eigenvalue weighted by Gasteiger charge is -2.11. The van der Waals surface area contributed by atoms with Crippen molar-refractivity contribution in [2.45, 2.75) is 31.0 Å². The summed E-state index contributed by atoms with van der Waals surface area (Å²) in [5, 5.41) is 10.8. The highest BCUT2D eigenvalue weighted by Crippen LogP contribution is 2.31. The molecule has 4 rings (SSSR count). The normalized spacial score (nSPS) is 11.1. The van der Waals surface area contributed by atoms with Gasteiger partial charge in [0.2, 0.25) is 0 Å². The van der Waals surface area contributed by atoms with Gasteiger partial charge in [-0.25, -0.2) is 4.98 Å². The third-order valence-electron chi connectivity index (χ3n) is 4.62. The molecule has 3 nitrogen and oxygen atoms in total. The number of aromatic nitrogens is 2. The van der Waals surface area contributed by atoms with Crippen molar-refractivity contribution in [2.75, 3.05) is 0 Å². The second-order valence-corrected chi connectivity index (χ2v) is 7.38. The number of thioether (sulfide) groups is 1. The van der Waals surface area contributed by atoms with E-state index in [0.717, 1.165) is 39.4 Å². The lowest BCUT2D eigenvalue weighted by atomic mass is 10.1. The van der Waals surface area contributed by atoms with Gasteiger partial charge in [0, 0.05) is 5.75 Å². The number of nitrogens with zero attached hydrogens (tertiary/aromatic N) is 3. The van der Waals surface area contributed by atoms with Gasteiger partial charge < -0.3 is 0 Å². The highest BCUT2D eigenvalue weighted by atomic mass is 32.2. The number of para-hydroxylation sites is 2. The largest absolute Gasteiger partial charge is 0.286 e. The predicted molar refractivity (Wildman–Crippen MR) is 108 cm³/mol. The average Bonchev–Trinajstić information content (AvgIpc) is 3.06. The maximum Gasteiger partial charge on any atom is 0.157 e.